The van der Waals surface area contributed by atoms with Crippen LogP contribution in [0.1, 0.15) is 37.4 Å². The lowest BCUT2D eigenvalue weighted by molar-refractivity contribution is 0.555. The van der Waals surface area contributed by atoms with Gasteiger partial charge in [0.2, 0.25) is 0 Å². The first-order chi connectivity index (χ1) is 8.13. The number of aryl methyl sites for hydroxylation is 1. The third-order valence-electron chi connectivity index (χ3n) is 3.35. The number of hydrogen-bond donors (Lipinski definition) is 1. The number of aromatic nitrogens is 1. The maximum Gasteiger partial charge on any atom is 0.0708 e. The molecule has 0 saturated carbocycles. The van der Waals surface area contributed by atoms with Gasteiger partial charge in [-0.25, -0.2) is 0 Å². The number of nitrogens with two attached hydrogens (primary N) is 1. The van der Waals surface area contributed by atoms with E-state index in [9.17, 15) is 0 Å². The van der Waals surface area contributed by atoms with Crippen LogP contribution in [-0.2, 0) is 0 Å². The Kier molecular flexibility index (Phi) is 3.43. The van der Waals surface area contributed by atoms with Crippen LogP contribution in [-0.4, -0.2) is 11.0 Å². The van der Waals surface area contributed by atoms with E-state index in [2.05, 4.69) is 43.1 Å². The monoisotopic (exact) mass is 228 g/mol. The highest BCUT2D eigenvalue weighted by Gasteiger charge is 2.17. The largest absolute Gasteiger partial charge is 0.327 e. The number of nitrogens with zero attached hydrogens (tertiary/aromatic N) is 1. The summed E-state index contributed by atoms with van der Waals surface area (Å²) in [5.41, 5.74) is 9.58. The number of hydrogen-bond acceptors (Lipinski definition) is 2. The fourth-order valence-corrected chi connectivity index (χ4v) is 2.52. The van der Waals surface area contributed by atoms with Crippen molar-refractivity contribution in [1.82, 2.24) is 4.98 Å². The van der Waals surface area contributed by atoms with Crippen molar-refractivity contribution in [3.05, 3.63) is 41.6 Å². The molecule has 0 amide bonds. The van der Waals surface area contributed by atoms with Gasteiger partial charge in [0.15, 0.2) is 0 Å². The third-order valence-corrected chi connectivity index (χ3v) is 3.35. The van der Waals surface area contributed by atoms with Crippen molar-refractivity contribution in [3.63, 3.8) is 0 Å². The van der Waals surface area contributed by atoms with Crippen molar-refractivity contribution in [2.24, 2.45) is 5.73 Å². The van der Waals surface area contributed by atoms with E-state index in [1.165, 1.54) is 10.9 Å². The molecule has 2 aromatic rings. The Labute approximate surface area is 103 Å². The molecule has 2 nitrogen and oxygen atoms in total. The molecule has 1 aromatic carbocycles. The van der Waals surface area contributed by atoms with Gasteiger partial charge in [0.1, 0.15) is 0 Å². The Morgan fingerprint density at radius 3 is 2.65 bits per heavy atom. The van der Waals surface area contributed by atoms with Gasteiger partial charge in [0.25, 0.3) is 0 Å². The summed E-state index contributed by atoms with van der Waals surface area (Å²) < 4.78 is 0. The van der Waals surface area contributed by atoms with Gasteiger partial charge in [-0.3, -0.25) is 4.98 Å². The zero-order valence-corrected chi connectivity index (χ0v) is 10.8. The molecule has 0 aliphatic carbocycles. The predicted molar refractivity (Wildman–Crippen MR) is 73.2 cm³/mol. The van der Waals surface area contributed by atoms with Crippen LogP contribution in [0.4, 0.5) is 0 Å². The first-order valence-electron chi connectivity index (χ1n) is 6.25. The van der Waals surface area contributed by atoms with Crippen molar-refractivity contribution in [2.45, 2.75) is 39.2 Å². The van der Waals surface area contributed by atoms with Gasteiger partial charge in [0, 0.05) is 17.1 Å². The van der Waals surface area contributed by atoms with E-state index in [0.29, 0.717) is 5.92 Å². The number of rotatable bonds is 3. The van der Waals surface area contributed by atoms with Gasteiger partial charge in [0.05, 0.1) is 5.52 Å². The van der Waals surface area contributed by atoms with Crippen LogP contribution in [0.5, 0.6) is 0 Å². The van der Waals surface area contributed by atoms with Crippen molar-refractivity contribution >= 4 is 10.9 Å². The SMILES string of the molecule is CCC(c1cc(C)nc2ccccc12)C(C)N. The van der Waals surface area contributed by atoms with Crippen LogP contribution < -0.4 is 5.73 Å². The predicted octanol–water partition coefficient (Wildman–Crippen LogP) is 3.38. The molecule has 0 spiro atoms. The zero-order valence-electron chi connectivity index (χ0n) is 10.8. The summed E-state index contributed by atoms with van der Waals surface area (Å²) in [6.45, 7) is 6.32. The number of pyridine rings is 1. The highest BCUT2D eigenvalue weighted by molar-refractivity contribution is 5.83. The number of fused-ring (bicyclic) bond motifs is 1. The summed E-state index contributed by atoms with van der Waals surface area (Å²) in [6.07, 6.45) is 1.06. The summed E-state index contributed by atoms with van der Waals surface area (Å²) in [5, 5.41) is 1.24. The van der Waals surface area contributed by atoms with Crippen molar-refractivity contribution in [3.8, 4) is 0 Å². The second-order valence-corrected chi connectivity index (χ2v) is 4.74. The molecule has 2 atom stereocenters. The van der Waals surface area contributed by atoms with E-state index in [-0.39, 0.29) is 6.04 Å². The van der Waals surface area contributed by atoms with E-state index < -0.39 is 0 Å². The van der Waals surface area contributed by atoms with E-state index in [1.54, 1.807) is 0 Å². The first-order valence-corrected chi connectivity index (χ1v) is 6.25. The van der Waals surface area contributed by atoms with E-state index in [0.717, 1.165) is 17.6 Å². The standard InChI is InChI=1S/C15H20N2/c1-4-12(11(3)16)14-9-10(2)17-15-8-6-5-7-13(14)15/h5-9,11-12H,4,16H2,1-3H3. The van der Waals surface area contributed by atoms with Crippen molar-refractivity contribution in [2.75, 3.05) is 0 Å². The van der Waals surface area contributed by atoms with Gasteiger partial charge >= 0.3 is 0 Å². The Morgan fingerprint density at radius 1 is 1.29 bits per heavy atom. The second kappa shape index (κ2) is 4.84. The fraction of sp³-hybridized carbons (Fsp3) is 0.400. The minimum Gasteiger partial charge on any atom is -0.327 e. The minimum absolute atomic E-state index is 0.171. The molecule has 17 heavy (non-hydrogen) atoms. The molecular weight excluding hydrogens is 208 g/mol. The second-order valence-electron chi connectivity index (χ2n) is 4.74. The smallest absolute Gasteiger partial charge is 0.0708 e. The molecule has 1 aromatic heterocycles. The zero-order chi connectivity index (χ0) is 12.4. The molecule has 2 rings (SSSR count). The lowest BCUT2D eigenvalue weighted by atomic mass is 9.88. The molecule has 2 unspecified atom stereocenters. The number of benzene rings is 1. The Hall–Kier alpha value is -1.41. The van der Waals surface area contributed by atoms with Gasteiger partial charge < -0.3 is 5.73 Å². The topological polar surface area (TPSA) is 38.9 Å². The van der Waals surface area contributed by atoms with Crippen LogP contribution in [0.2, 0.25) is 0 Å². The molecule has 0 bridgehead atoms. The normalized spacial score (nSPS) is 14.8. The maximum absolute atomic E-state index is 6.10. The molecule has 0 aliphatic heterocycles. The van der Waals surface area contributed by atoms with E-state index in [1.807, 2.05) is 13.0 Å². The van der Waals surface area contributed by atoms with Crippen LogP contribution in [0.3, 0.4) is 0 Å². The number of para-hydroxylation sites is 1. The minimum atomic E-state index is 0.171. The summed E-state index contributed by atoms with van der Waals surface area (Å²) in [5.74, 6) is 0.404. The van der Waals surface area contributed by atoms with Crippen LogP contribution in [0.15, 0.2) is 30.3 Å². The lowest BCUT2D eigenvalue weighted by Gasteiger charge is -2.21. The van der Waals surface area contributed by atoms with E-state index in [4.69, 9.17) is 5.73 Å². The average molecular weight is 228 g/mol. The van der Waals surface area contributed by atoms with Crippen molar-refractivity contribution in [1.29, 1.82) is 0 Å². The summed E-state index contributed by atoms with van der Waals surface area (Å²) in [6, 6.07) is 10.7. The van der Waals surface area contributed by atoms with Crippen LogP contribution in [0.25, 0.3) is 10.9 Å². The van der Waals surface area contributed by atoms with Gasteiger partial charge in [-0.15, -0.1) is 0 Å². The molecular formula is C15H20N2. The Morgan fingerprint density at radius 2 is 2.00 bits per heavy atom. The highest BCUT2D eigenvalue weighted by Crippen LogP contribution is 2.29. The maximum atomic E-state index is 6.10. The van der Waals surface area contributed by atoms with Crippen molar-refractivity contribution < 1.29 is 0 Å². The molecule has 2 N–H and O–H groups in total. The summed E-state index contributed by atoms with van der Waals surface area (Å²) >= 11 is 0. The molecule has 90 valence electrons. The summed E-state index contributed by atoms with van der Waals surface area (Å²) in [7, 11) is 0. The highest BCUT2D eigenvalue weighted by atomic mass is 14.7. The first kappa shape index (κ1) is 12.1. The molecule has 1 heterocycles. The Bertz CT molecular complexity index is 517. The molecule has 0 saturated heterocycles. The fourth-order valence-electron chi connectivity index (χ4n) is 2.52. The van der Waals surface area contributed by atoms with Crippen LogP contribution >= 0.6 is 0 Å². The molecule has 0 radical (unpaired) electrons. The average Bonchev–Trinajstić information content (AvgIpc) is 2.29. The molecule has 0 aliphatic rings. The van der Waals surface area contributed by atoms with Gasteiger partial charge in [-0.05, 0) is 43.9 Å². The van der Waals surface area contributed by atoms with E-state index >= 15 is 0 Å². The lowest BCUT2D eigenvalue weighted by Crippen LogP contribution is -2.24. The molecule has 0 fully saturated rings. The van der Waals surface area contributed by atoms with Crippen LogP contribution in [0, 0.1) is 6.92 Å². The van der Waals surface area contributed by atoms with Gasteiger partial charge in [-0.1, -0.05) is 25.1 Å². The summed E-state index contributed by atoms with van der Waals surface area (Å²) in [4.78, 5) is 4.57. The Balaban J connectivity index is 2.66. The third kappa shape index (κ3) is 2.32. The quantitative estimate of drug-likeness (QED) is 0.874. The molecule has 2 heteroatoms. The van der Waals surface area contributed by atoms with Gasteiger partial charge in [-0.2, -0.15) is 0 Å².